The van der Waals surface area contributed by atoms with Crippen molar-refractivity contribution in [2.45, 2.75) is 19.8 Å². The minimum absolute atomic E-state index is 0.0680. The summed E-state index contributed by atoms with van der Waals surface area (Å²) in [5.74, 6) is -1.95. The van der Waals surface area contributed by atoms with Crippen molar-refractivity contribution >= 4 is 23.9 Å². The molecule has 0 rings (SSSR count). The molecule has 0 aliphatic rings. The second kappa shape index (κ2) is 5.87. The second-order valence-corrected chi connectivity index (χ2v) is 2.27. The standard InChI is InChI=1S/C7H9NO5/c1-5(10)2-3-6(11)8-13-7(12)4-9/h4H,2-3H2,1H3,(H,8,11). The Kier molecular flexibility index (Phi) is 5.09. The fraction of sp³-hybridized carbons (Fsp3) is 0.429. The molecule has 13 heavy (non-hydrogen) atoms. The lowest BCUT2D eigenvalue weighted by Gasteiger charge is -2.00. The highest BCUT2D eigenvalue weighted by Crippen LogP contribution is 1.89. The van der Waals surface area contributed by atoms with E-state index in [0.29, 0.717) is 0 Å². The average molecular weight is 187 g/mol. The summed E-state index contributed by atoms with van der Waals surface area (Å²) in [5.41, 5.74) is 1.72. The Morgan fingerprint density at radius 2 is 1.92 bits per heavy atom. The predicted molar refractivity (Wildman–Crippen MR) is 40.2 cm³/mol. The smallest absolute Gasteiger partial charge is 0.333 e. The number of ketones is 1. The van der Waals surface area contributed by atoms with Gasteiger partial charge in [-0.2, -0.15) is 5.48 Å². The lowest BCUT2D eigenvalue weighted by atomic mass is 10.2. The molecular formula is C7H9NO5. The van der Waals surface area contributed by atoms with Crippen molar-refractivity contribution in [2.24, 2.45) is 0 Å². The van der Waals surface area contributed by atoms with Crippen molar-refractivity contribution in [3.05, 3.63) is 0 Å². The normalized spacial score (nSPS) is 8.69. The zero-order valence-corrected chi connectivity index (χ0v) is 7.03. The van der Waals surface area contributed by atoms with Gasteiger partial charge < -0.3 is 9.63 Å². The van der Waals surface area contributed by atoms with Crippen LogP contribution >= 0.6 is 0 Å². The molecule has 0 saturated heterocycles. The highest BCUT2D eigenvalue weighted by Gasteiger charge is 2.05. The first kappa shape index (κ1) is 11.3. The highest BCUT2D eigenvalue weighted by molar-refractivity contribution is 6.20. The van der Waals surface area contributed by atoms with Crippen molar-refractivity contribution in [1.82, 2.24) is 5.48 Å². The van der Waals surface area contributed by atoms with E-state index < -0.39 is 11.9 Å². The first-order valence-corrected chi connectivity index (χ1v) is 3.50. The minimum atomic E-state index is -1.18. The average Bonchev–Trinajstić information content (AvgIpc) is 2.10. The van der Waals surface area contributed by atoms with Gasteiger partial charge in [0.05, 0.1) is 0 Å². The lowest BCUT2D eigenvalue weighted by molar-refractivity contribution is -0.160. The van der Waals surface area contributed by atoms with Gasteiger partial charge in [-0.25, -0.2) is 4.79 Å². The monoisotopic (exact) mass is 187 g/mol. The maximum atomic E-state index is 10.7. The minimum Gasteiger partial charge on any atom is -0.333 e. The molecule has 1 amide bonds. The number of hydrogen-bond donors (Lipinski definition) is 1. The van der Waals surface area contributed by atoms with Gasteiger partial charge in [-0.05, 0) is 6.92 Å². The van der Waals surface area contributed by atoms with E-state index in [9.17, 15) is 19.2 Å². The van der Waals surface area contributed by atoms with Gasteiger partial charge in [-0.15, -0.1) is 0 Å². The van der Waals surface area contributed by atoms with Crippen LogP contribution in [0.15, 0.2) is 0 Å². The molecule has 0 aliphatic carbocycles. The molecule has 0 atom stereocenters. The van der Waals surface area contributed by atoms with Gasteiger partial charge in [-0.3, -0.25) is 9.59 Å². The van der Waals surface area contributed by atoms with E-state index in [1.807, 2.05) is 0 Å². The Morgan fingerprint density at radius 1 is 1.31 bits per heavy atom. The number of hydroxylamine groups is 1. The molecule has 0 unspecified atom stereocenters. The van der Waals surface area contributed by atoms with Crippen LogP contribution in [0.25, 0.3) is 0 Å². The van der Waals surface area contributed by atoms with E-state index in [4.69, 9.17) is 0 Å². The maximum Gasteiger partial charge on any atom is 0.395 e. The lowest BCUT2D eigenvalue weighted by Crippen LogP contribution is -2.27. The topological polar surface area (TPSA) is 89.5 Å². The Morgan fingerprint density at radius 3 is 2.38 bits per heavy atom. The van der Waals surface area contributed by atoms with Crippen LogP contribution in [0, 0.1) is 0 Å². The third kappa shape index (κ3) is 6.67. The molecule has 72 valence electrons. The molecule has 0 aromatic carbocycles. The zero-order valence-electron chi connectivity index (χ0n) is 7.03. The van der Waals surface area contributed by atoms with Crippen molar-refractivity contribution in [3.63, 3.8) is 0 Å². The summed E-state index contributed by atoms with van der Waals surface area (Å²) in [4.78, 5) is 45.0. The Hall–Kier alpha value is -1.72. The second-order valence-electron chi connectivity index (χ2n) is 2.27. The summed E-state index contributed by atoms with van der Waals surface area (Å²) in [7, 11) is 0. The first-order chi connectivity index (χ1) is 6.06. The van der Waals surface area contributed by atoms with Crippen LogP contribution in [-0.2, 0) is 24.0 Å². The molecule has 6 heteroatoms. The van der Waals surface area contributed by atoms with Gasteiger partial charge in [0.1, 0.15) is 5.78 Å². The van der Waals surface area contributed by atoms with Gasteiger partial charge in [-0.1, -0.05) is 0 Å². The maximum absolute atomic E-state index is 10.7. The van der Waals surface area contributed by atoms with Gasteiger partial charge >= 0.3 is 5.97 Å². The molecule has 0 aromatic rings. The number of amides is 1. The molecule has 0 radical (unpaired) electrons. The molecule has 0 saturated carbocycles. The molecule has 0 fully saturated rings. The molecule has 0 heterocycles. The zero-order chi connectivity index (χ0) is 10.3. The fourth-order valence-electron chi connectivity index (χ4n) is 0.472. The molecule has 0 aromatic heterocycles. The number of nitrogens with one attached hydrogen (secondary N) is 1. The van der Waals surface area contributed by atoms with Crippen molar-refractivity contribution in [3.8, 4) is 0 Å². The molecular weight excluding hydrogens is 178 g/mol. The van der Waals surface area contributed by atoms with Crippen LogP contribution in [0.3, 0.4) is 0 Å². The molecule has 0 bridgehead atoms. The molecule has 0 aliphatic heterocycles. The van der Waals surface area contributed by atoms with Gasteiger partial charge in [0, 0.05) is 12.8 Å². The quantitative estimate of drug-likeness (QED) is 0.351. The van der Waals surface area contributed by atoms with Crippen LogP contribution in [0.1, 0.15) is 19.8 Å². The van der Waals surface area contributed by atoms with Gasteiger partial charge in [0.15, 0.2) is 0 Å². The molecule has 1 N–H and O–H groups in total. The predicted octanol–water partition coefficient (Wildman–Crippen LogP) is -0.871. The van der Waals surface area contributed by atoms with Gasteiger partial charge in [0.25, 0.3) is 5.91 Å². The molecule has 0 spiro atoms. The highest BCUT2D eigenvalue weighted by atomic mass is 16.7. The van der Waals surface area contributed by atoms with E-state index in [2.05, 4.69) is 4.84 Å². The van der Waals surface area contributed by atoms with Crippen molar-refractivity contribution in [1.29, 1.82) is 0 Å². The third-order valence-electron chi connectivity index (χ3n) is 1.07. The van der Waals surface area contributed by atoms with Crippen LogP contribution < -0.4 is 5.48 Å². The summed E-state index contributed by atoms with van der Waals surface area (Å²) in [6.07, 6.45) is -0.0722. The Labute approximate surface area is 74.2 Å². The van der Waals surface area contributed by atoms with Crippen molar-refractivity contribution < 1.29 is 24.0 Å². The number of Topliss-reactive ketones (excluding diaryl/α,β-unsaturated/α-hetero) is 1. The van der Waals surface area contributed by atoms with E-state index >= 15 is 0 Å². The van der Waals surface area contributed by atoms with Crippen LogP contribution in [0.5, 0.6) is 0 Å². The largest absolute Gasteiger partial charge is 0.395 e. The summed E-state index contributed by atoms with van der Waals surface area (Å²) in [6.45, 7) is 1.34. The molecule has 6 nitrogen and oxygen atoms in total. The number of aldehydes is 1. The van der Waals surface area contributed by atoms with Crippen LogP contribution in [0.2, 0.25) is 0 Å². The summed E-state index contributed by atoms with van der Waals surface area (Å²) >= 11 is 0. The summed E-state index contributed by atoms with van der Waals surface area (Å²) < 4.78 is 0. The van der Waals surface area contributed by atoms with E-state index in [1.54, 1.807) is 5.48 Å². The SMILES string of the molecule is CC(=O)CCC(=O)NOC(=O)C=O. The fourth-order valence-corrected chi connectivity index (χ4v) is 0.472. The van der Waals surface area contributed by atoms with E-state index in [0.717, 1.165) is 0 Å². The van der Waals surface area contributed by atoms with E-state index in [-0.39, 0.29) is 24.9 Å². The Bertz CT molecular complexity index is 235. The van der Waals surface area contributed by atoms with Crippen LogP contribution in [-0.4, -0.2) is 23.9 Å². The van der Waals surface area contributed by atoms with Crippen LogP contribution in [0.4, 0.5) is 0 Å². The third-order valence-corrected chi connectivity index (χ3v) is 1.07. The number of hydrogen-bond acceptors (Lipinski definition) is 5. The first-order valence-electron chi connectivity index (χ1n) is 3.50. The summed E-state index contributed by atoms with van der Waals surface area (Å²) in [6, 6.07) is 0. The number of carbonyl (C=O) groups excluding carboxylic acids is 4. The number of carbonyl (C=O) groups is 4. The van der Waals surface area contributed by atoms with E-state index in [1.165, 1.54) is 6.92 Å². The summed E-state index contributed by atoms with van der Waals surface area (Å²) in [5, 5.41) is 0. The Balaban J connectivity index is 3.57. The van der Waals surface area contributed by atoms with Crippen molar-refractivity contribution in [2.75, 3.05) is 0 Å². The van der Waals surface area contributed by atoms with Gasteiger partial charge in [0.2, 0.25) is 6.29 Å². The number of rotatable bonds is 4.